The maximum absolute atomic E-state index is 12.9. The molecule has 5 heteroatoms. The van der Waals surface area contributed by atoms with Crippen LogP contribution >= 0.6 is 0 Å². The van der Waals surface area contributed by atoms with Gasteiger partial charge in [-0.05, 0) is 31.6 Å². The number of amides is 1. The van der Waals surface area contributed by atoms with Gasteiger partial charge in [-0.2, -0.15) is 0 Å². The standard InChI is InChI=1S/C12H22F2N2O/c1-2-9-3-5-10(6-4-9)11(17)16-8-12(13,14)7-15/h9-10H,2-8,15H2,1H3,(H,16,17). The number of hydrogen-bond donors (Lipinski definition) is 2. The zero-order chi connectivity index (χ0) is 12.9. The molecule has 1 aliphatic carbocycles. The SMILES string of the molecule is CCC1CCC(C(=O)NCC(F)(F)CN)CC1. The van der Waals surface area contributed by atoms with Crippen molar-refractivity contribution in [2.24, 2.45) is 17.6 Å². The topological polar surface area (TPSA) is 55.1 Å². The third-order valence-electron chi connectivity index (χ3n) is 3.61. The number of alkyl halides is 2. The Morgan fingerprint density at radius 3 is 2.41 bits per heavy atom. The number of nitrogens with two attached hydrogens (primary N) is 1. The Bertz CT molecular complexity index is 251. The summed E-state index contributed by atoms with van der Waals surface area (Å²) in [5, 5.41) is 2.31. The minimum atomic E-state index is -2.99. The first-order chi connectivity index (χ1) is 7.98. The van der Waals surface area contributed by atoms with Gasteiger partial charge in [0, 0.05) is 5.92 Å². The van der Waals surface area contributed by atoms with Crippen molar-refractivity contribution in [3.05, 3.63) is 0 Å². The Labute approximate surface area is 101 Å². The highest BCUT2D eigenvalue weighted by molar-refractivity contribution is 5.78. The first-order valence-corrected chi connectivity index (χ1v) is 6.34. The normalized spacial score (nSPS) is 25.6. The molecule has 3 nitrogen and oxygen atoms in total. The van der Waals surface area contributed by atoms with Crippen molar-refractivity contribution in [3.63, 3.8) is 0 Å². The zero-order valence-corrected chi connectivity index (χ0v) is 10.3. The molecule has 1 saturated carbocycles. The summed E-state index contributed by atoms with van der Waals surface area (Å²) in [6.45, 7) is 0.777. The molecule has 1 fully saturated rings. The predicted octanol–water partition coefficient (Wildman–Crippen LogP) is 1.91. The summed E-state index contributed by atoms with van der Waals surface area (Å²) < 4.78 is 25.7. The molecule has 1 aliphatic rings. The monoisotopic (exact) mass is 248 g/mol. The Balaban J connectivity index is 2.30. The molecule has 0 heterocycles. The number of nitrogens with one attached hydrogen (secondary N) is 1. The van der Waals surface area contributed by atoms with Crippen LogP contribution in [0.25, 0.3) is 0 Å². The van der Waals surface area contributed by atoms with Crippen LogP contribution in [0.2, 0.25) is 0 Å². The van der Waals surface area contributed by atoms with Crippen LogP contribution in [0.5, 0.6) is 0 Å². The van der Waals surface area contributed by atoms with Crippen molar-refractivity contribution in [2.75, 3.05) is 13.1 Å². The third-order valence-corrected chi connectivity index (χ3v) is 3.61. The van der Waals surface area contributed by atoms with E-state index in [2.05, 4.69) is 12.2 Å². The Kier molecular flexibility index (Phi) is 5.31. The molecule has 0 saturated heterocycles. The van der Waals surface area contributed by atoms with Crippen molar-refractivity contribution in [1.29, 1.82) is 0 Å². The smallest absolute Gasteiger partial charge is 0.277 e. The summed E-state index contributed by atoms with van der Waals surface area (Å²) in [5.41, 5.74) is 4.91. The van der Waals surface area contributed by atoms with Gasteiger partial charge in [0.2, 0.25) is 5.91 Å². The van der Waals surface area contributed by atoms with Crippen molar-refractivity contribution in [3.8, 4) is 0 Å². The maximum atomic E-state index is 12.9. The lowest BCUT2D eigenvalue weighted by Crippen LogP contribution is -2.44. The van der Waals surface area contributed by atoms with E-state index in [0.717, 1.165) is 32.1 Å². The number of rotatable bonds is 5. The molecule has 0 bridgehead atoms. The summed E-state index contributed by atoms with van der Waals surface area (Å²) >= 11 is 0. The molecular formula is C12H22F2N2O. The van der Waals surface area contributed by atoms with Crippen LogP contribution in [0, 0.1) is 11.8 Å². The van der Waals surface area contributed by atoms with Gasteiger partial charge in [-0.1, -0.05) is 13.3 Å². The lowest BCUT2D eigenvalue weighted by atomic mass is 9.80. The van der Waals surface area contributed by atoms with Crippen LogP contribution in [0.1, 0.15) is 39.0 Å². The lowest BCUT2D eigenvalue weighted by Gasteiger charge is -2.27. The molecule has 0 unspecified atom stereocenters. The highest BCUT2D eigenvalue weighted by Crippen LogP contribution is 2.30. The summed E-state index contributed by atoms with van der Waals surface area (Å²) in [4.78, 5) is 11.7. The molecule has 0 aromatic rings. The fourth-order valence-corrected chi connectivity index (χ4v) is 2.27. The van der Waals surface area contributed by atoms with Gasteiger partial charge in [0.25, 0.3) is 5.92 Å². The number of hydrogen-bond acceptors (Lipinski definition) is 2. The van der Waals surface area contributed by atoms with E-state index in [9.17, 15) is 13.6 Å². The molecule has 17 heavy (non-hydrogen) atoms. The Hall–Kier alpha value is -0.710. The van der Waals surface area contributed by atoms with E-state index in [1.165, 1.54) is 0 Å². The average Bonchev–Trinajstić information content (AvgIpc) is 2.36. The molecule has 0 spiro atoms. The number of carbonyl (C=O) groups is 1. The van der Waals surface area contributed by atoms with Gasteiger partial charge >= 0.3 is 0 Å². The van der Waals surface area contributed by atoms with E-state index in [1.54, 1.807) is 0 Å². The summed E-state index contributed by atoms with van der Waals surface area (Å²) in [7, 11) is 0. The van der Waals surface area contributed by atoms with E-state index in [-0.39, 0.29) is 11.8 Å². The van der Waals surface area contributed by atoms with Gasteiger partial charge in [0.05, 0.1) is 13.1 Å². The second-order valence-electron chi connectivity index (χ2n) is 4.90. The molecule has 0 radical (unpaired) electrons. The fourth-order valence-electron chi connectivity index (χ4n) is 2.27. The minimum absolute atomic E-state index is 0.0913. The second kappa shape index (κ2) is 6.28. The fraction of sp³-hybridized carbons (Fsp3) is 0.917. The van der Waals surface area contributed by atoms with E-state index in [0.29, 0.717) is 5.92 Å². The Morgan fingerprint density at radius 1 is 1.35 bits per heavy atom. The van der Waals surface area contributed by atoms with Gasteiger partial charge in [-0.3, -0.25) is 4.79 Å². The lowest BCUT2D eigenvalue weighted by molar-refractivity contribution is -0.128. The first-order valence-electron chi connectivity index (χ1n) is 6.34. The highest BCUT2D eigenvalue weighted by Gasteiger charge is 2.30. The molecule has 100 valence electrons. The number of carbonyl (C=O) groups excluding carboxylic acids is 1. The molecule has 3 N–H and O–H groups in total. The van der Waals surface area contributed by atoms with Crippen molar-refractivity contribution in [2.45, 2.75) is 45.0 Å². The van der Waals surface area contributed by atoms with Gasteiger partial charge in [0.1, 0.15) is 0 Å². The van der Waals surface area contributed by atoms with Crippen LogP contribution < -0.4 is 11.1 Å². The summed E-state index contributed by atoms with van der Waals surface area (Å²) in [6.07, 6.45) is 4.83. The molecule has 0 atom stereocenters. The third kappa shape index (κ3) is 4.58. The largest absolute Gasteiger partial charge is 0.350 e. The van der Waals surface area contributed by atoms with Crippen molar-refractivity contribution in [1.82, 2.24) is 5.32 Å². The van der Waals surface area contributed by atoms with E-state index >= 15 is 0 Å². The van der Waals surface area contributed by atoms with Crippen molar-refractivity contribution >= 4 is 5.91 Å². The molecule has 1 rings (SSSR count). The van der Waals surface area contributed by atoms with E-state index < -0.39 is 19.0 Å². The van der Waals surface area contributed by atoms with Gasteiger partial charge < -0.3 is 11.1 Å². The van der Waals surface area contributed by atoms with Gasteiger partial charge in [-0.25, -0.2) is 8.78 Å². The van der Waals surface area contributed by atoms with Crippen molar-refractivity contribution < 1.29 is 13.6 Å². The quantitative estimate of drug-likeness (QED) is 0.781. The molecule has 0 aromatic carbocycles. The molecular weight excluding hydrogens is 226 g/mol. The van der Waals surface area contributed by atoms with E-state index in [1.807, 2.05) is 0 Å². The van der Waals surface area contributed by atoms with Crippen LogP contribution in [0.15, 0.2) is 0 Å². The summed E-state index contributed by atoms with van der Waals surface area (Å²) in [5.74, 6) is -2.63. The first kappa shape index (κ1) is 14.4. The number of halogens is 2. The highest BCUT2D eigenvalue weighted by atomic mass is 19.3. The molecule has 1 amide bonds. The second-order valence-corrected chi connectivity index (χ2v) is 4.90. The molecule has 0 aromatic heterocycles. The van der Waals surface area contributed by atoms with Crippen LogP contribution in [0.3, 0.4) is 0 Å². The van der Waals surface area contributed by atoms with Gasteiger partial charge in [-0.15, -0.1) is 0 Å². The van der Waals surface area contributed by atoms with E-state index in [4.69, 9.17) is 5.73 Å². The maximum Gasteiger partial charge on any atom is 0.277 e. The minimum Gasteiger partial charge on any atom is -0.350 e. The van der Waals surface area contributed by atoms with Crippen LogP contribution in [0.4, 0.5) is 8.78 Å². The Morgan fingerprint density at radius 2 is 1.94 bits per heavy atom. The summed E-state index contributed by atoms with van der Waals surface area (Å²) in [6, 6.07) is 0. The zero-order valence-electron chi connectivity index (χ0n) is 10.3. The van der Waals surface area contributed by atoms with Crippen LogP contribution in [-0.2, 0) is 4.79 Å². The molecule has 0 aliphatic heterocycles. The predicted molar refractivity (Wildman–Crippen MR) is 62.8 cm³/mol. The van der Waals surface area contributed by atoms with Crippen LogP contribution in [-0.4, -0.2) is 24.9 Å². The van der Waals surface area contributed by atoms with Gasteiger partial charge in [0.15, 0.2) is 0 Å². The average molecular weight is 248 g/mol.